The van der Waals surface area contributed by atoms with Gasteiger partial charge in [-0.25, -0.2) is 13.2 Å². The average molecular weight is 301 g/mol. The Labute approximate surface area is 116 Å². The van der Waals surface area contributed by atoms with E-state index in [0.29, 0.717) is 5.56 Å². The van der Waals surface area contributed by atoms with Gasteiger partial charge in [-0.05, 0) is 24.6 Å². The third kappa shape index (κ3) is 2.55. The Kier molecular flexibility index (Phi) is 3.83. The lowest BCUT2D eigenvalue weighted by Gasteiger charge is -2.17. The number of hydrogen-bond acceptors (Lipinski definition) is 5. The molecular weight excluding hydrogens is 286 g/mol. The highest BCUT2D eigenvalue weighted by molar-refractivity contribution is 7.89. The number of carboxylic acid groups (broad SMARTS) is 1. The van der Waals surface area contributed by atoms with Crippen LogP contribution in [-0.2, 0) is 10.0 Å². The summed E-state index contributed by atoms with van der Waals surface area (Å²) < 4.78 is 25.8. The zero-order valence-corrected chi connectivity index (χ0v) is 11.5. The number of β-amino-alcohol motifs (C(OH)–C–C–N with tert-alkyl or cyclic N) is 2. The monoisotopic (exact) mass is 301 g/mol. The number of hydrogen-bond donors (Lipinski definition) is 3. The van der Waals surface area contributed by atoms with Gasteiger partial charge in [-0.15, -0.1) is 0 Å². The maximum atomic E-state index is 12.4. The molecule has 1 aromatic rings. The van der Waals surface area contributed by atoms with E-state index in [2.05, 4.69) is 0 Å². The SMILES string of the molecule is Cc1ccc(C(=O)O)cc1S(=O)(=O)N1CC(O)C(O)C1. The lowest BCUT2D eigenvalue weighted by atomic mass is 10.1. The average Bonchev–Trinajstić information content (AvgIpc) is 2.70. The van der Waals surface area contributed by atoms with Gasteiger partial charge in [-0.2, -0.15) is 4.31 Å². The standard InChI is InChI=1S/C12H15NO6S/c1-7-2-3-8(12(16)17)4-11(7)20(18,19)13-5-9(14)10(15)6-13/h2-4,9-10,14-15H,5-6H2,1H3,(H,16,17). The number of rotatable bonds is 3. The van der Waals surface area contributed by atoms with Gasteiger partial charge in [0.25, 0.3) is 0 Å². The minimum atomic E-state index is -3.94. The summed E-state index contributed by atoms with van der Waals surface area (Å²) in [5.41, 5.74) is 0.278. The molecule has 0 saturated carbocycles. The van der Waals surface area contributed by atoms with Crippen LogP contribution in [0.5, 0.6) is 0 Å². The van der Waals surface area contributed by atoms with Crippen molar-refractivity contribution in [3.8, 4) is 0 Å². The number of aliphatic hydroxyl groups excluding tert-OH is 2. The minimum absolute atomic E-state index is 0.126. The molecule has 1 fully saturated rings. The van der Waals surface area contributed by atoms with Crippen molar-refractivity contribution < 1.29 is 28.5 Å². The number of sulfonamides is 1. The van der Waals surface area contributed by atoms with Crippen LogP contribution in [0.4, 0.5) is 0 Å². The summed E-state index contributed by atoms with van der Waals surface area (Å²) in [6.07, 6.45) is -2.26. The predicted molar refractivity (Wildman–Crippen MR) is 68.9 cm³/mol. The van der Waals surface area contributed by atoms with Crippen molar-refractivity contribution in [2.24, 2.45) is 0 Å². The molecule has 2 rings (SSSR count). The molecular formula is C12H15NO6S. The first-order valence-electron chi connectivity index (χ1n) is 5.93. The molecule has 1 saturated heterocycles. The maximum absolute atomic E-state index is 12.4. The Hall–Kier alpha value is -1.48. The second-order valence-corrected chi connectivity index (χ2v) is 6.65. The highest BCUT2D eigenvalue weighted by Gasteiger charge is 2.38. The van der Waals surface area contributed by atoms with Crippen molar-refractivity contribution in [2.75, 3.05) is 13.1 Å². The molecule has 1 aliphatic rings. The van der Waals surface area contributed by atoms with E-state index in [9.17, 15) is 23.4 Å². The molecule has 110 valence electrons. The maximum Gasteiger partial charge on any atom is 0.335 e. The molecule has 2 unspecified atom stereocenters. The van der Waals surface area contributed by atoms with E-state index in [4.69, 9.17) is 5.11 Å². The van der Waals surface area contributed by atoms with Gasteiger partial charge in [0.1, 0.15) is 0 Å². The molecule has 20 heavy (non-hydrogen) atoms. The zero-order valence-electron chi connectivity index (χ0n) is 10.7. The van der Waals surface area contributed by atoms with Crippen LogP contribution in [0.2, 0.25) is 0 Å². The smallest absolute Gasteiger partial charge is 0.335 e. The second kappa shape index (κ2) is 5.13. The van der Waals surface area contributed by atoms with Crippen LogP contribution in [0.1, 0.15) is 15.9 Å². The number of carboxylic acids is 1. The Morgan fingerprint density at radius 2 is 1.80 bits per heavy atom. The summed E-state index contributed by atoms with van der Waals surface area (Å²) in [6.45, 7) is 1.14. The molecule has 0 bridgehead atoms. The van der Waals surface area contributed by atoms with E-state index in [1.54, 1.807) is 6.92 Å². The third-order valence-corrected chi connectivity index (χ3v) is 5.25. The fourth-order valence-electron chi connectivity index (χ4n) is 2.08. The summed E-state index contributed by atoms with van der Waals surface area (Å²) >= 11 is 0. The molecule has 0 amide bonds. The first kappa shape index (κ1) is 14.9. The van der Waals surface area contributed by atoms with Crippen LogP contribution < -0.4 is 0 Å². The molecule has 0 aliphatic carbocycles. The Balaban J connectivity index is 2.44. The summed E-state index contributed by atoms with van der Waals surface area (Å²) in [5, 5.41) is 27.8. The molecule has 0 spiro atoms. The van der Waals surface area contributed by atoms with Gasteiger partial charge >= 0.3 is 5.97 Å². The highest BCUT2D eigenvalue weighted by Crippen LogP contribution is 2.25. The van der Waals surface area contributed by atoms with Crippen LogP contribution in [0.15, 0.2) is 23.1 Å². The summed E-state index contributed by atoms with van der Waals surface area (Å²) in [5.74, 6) is -1.22. The molecule has 0 aromatic heterocycles. The zero-order chi connectivity index (χ0) is 15.1. The van der Waals surface area contributed by atoms with Gasteiger partial charge < -0.3 is 15.3 Å². The van der Waals surface area contributed by atoms with E-state index < -0.39 is 28.2 Å². The van der Waals surface area contributed by atoms with E-state index in [0.717, 1.165) is 10.4 Å². The van der Waals surface area contributed by atoms with E-state index >= 15 is 0 Å². The van der Waals surface area contributed by atoms with Crippen LogP contribution in [0.25, 0.3) is 0 Å². The van der Waals surface area contributed by atoms with Gasteiger partial charge in [0.05, 0.1) is 22.7 Å². The fourth-order valence-corrected chi connectivity index (χ4v) is 3.81. The molecule has 1 aromatic carbocycles. The van der Waals surface area contributed by atoms with Gasteiger partial charge in [0.2, 0.25) is 10.0 Å². The predicted octanol–water partition coefficient (Wildman–Crippen LogP) is -0.581. The normalized spacial score (nSPS) is 23.9. The Morgan fingerprint density at radius 3 is 2.30 bits per heavy atom. The largest absolute Gasteiger partial charge is 0.478 e. The first-order valence-corrected chi connectivity index (χ1v) is 7.37. The van der Waals surface area contributed by atoms with Crippen LogP contribution in [0, 0.1) is 6.92 Å². The van der Waals surface area contributed by atoms with E-state index in [1.165, 1.54) is 12.1 Å². The van der Waals surface area contributed by atoms with Crippen LogP contribution in [-0.4, -0.2) is 59.3 Å². The summed E-state index contributed by atoms with van der Waals surface area (Å²) in [6, 6.07) is 3.83. The third-order valence-electron chi connectivity index (χ3n) is 3.28. The Bertz CT molecular complexity index is 631. The lowest BCUT2D eigenvalue weighted by Crippen LogP contribution is -2.30. The van der Waals surface area contributed by atoms with Gasteiger partial charge in [-0.1, -0.05) is 6.07 Å². The minimum Gasteiger partial charge on any atom is -0.478 e. The van der Waals surface area contributed by atoms with Crippen molar-refractivity contribution in [1.82, 2.24) is 4.31 Å². The summed E-state index contributed by atoms with van der Waals surface area (Å²) in [4.78, 5) is 10.8. The fraction of sp³-hybridized carbons (Fsp3) is 0.417. The van der Waals surface area contributed by atoms with Crippen molar-refractivity contribution in [1.29, 1.82) is 0 Å². The second-order valence-electron chi connectivity index (χ2n) is 4.74. The number of aromatic carboxylic acids is 1. The Morgan fingerprint density at radius 1 is 1.25 bits per heavy atom. The quantitative estimate of drug-likeness (QED) is 0.688. The van der Waals surface area contributed by atoms with E-state index in [-0.39, 0.29) is 23.5 Å². The molecule has 8 heteroatoms. The van der Waals surface area contributed by atoms with Gasteiger partial charge in [0, 0.05) is 13.1 Å². The van der Waals surface area contributed by atoms with Crippen molar-refractivity contribution in [3.63, 3.8) is 0 Å². The number of carbonyl (C=O) groups is 1. The molecule has 0 radical (unpaired) electrons. The van der Waals surface area contributed by atoms with Gasteiger partial charge in [0.15, 0.2) is 0 Å². The topological polar surface area (TPSA) is 115 Å². The van der Waals surface area contributed by atoms with Gasteiger partial charge in [-0.3, -0.25) is 0 Å². The first-order chi connectivity index (χ1) is 9.23. The molecule has 2 atom stereocenters. The number of aryl methyl sites for hydroxylation is 1. The van der Waals surface area contributed by atoms with Crippen molar-refractivity contribution in [3.05, 3.63) is 29.3 Å². The van der Waals surface area contributed by atoms with E-state index in [1.807, 2.05) is 0 Å². The number of benzene rings is 1. The molecule has 3 N–H and O–H groups in total. The number of aliphatic hydroxyl groups is 2. The highest BCUT2D eigenvalue weighted by atomic mass is 32.2. The summed E-state index contributed by atoms with van der Waals surface area (Å²) in [7, 11) is -3.94. The molecule has 7 nitrogen and oxygen atoms in total. The number of nitrogens with zero attached hydrogens (tertiary/aromatic N) is 1. The molecule has 1 heterocycles. The lowest BCUT2D eigenvalue weighted by molar-refractivity contribution is 0.0572. The van der Waals surface area contributed by atoms with Crippen molar-refractivity contribution >= 4 is 16.0 Å². The molecule has 1 aliphatic heterocycles. The van der Waals surface area contributed by atoms with Crippen LogP contribution >= 0.6 is 0 Å². The van der Waals surface area contributed by atoms with Crippen LogP contribution in [0.3, 0.4) is 0 Å². The van der Waals surface area contributed by atoms with Crippen molar-refractivity contribution in [2.45, 2.75) is 24.0 Å².